The lowest BCUT2D eigenvalue weighted by Crippen LogP contribution is -2.36. The Morgan fingerprint density at radius 3 is 2.66 bits per heavy atom. The Balaban J connectivity index is 1.34. The molecule has 156 valence electrons. The molecule has 3 rings (SSSR count). The van der Waals surface area contributed by atoms with E-state index in [0.717, 1.165) is 21.5 Å². The van der Waals surface area contributed by atoms with Crippen LogP contribution in [0.2, 0.25) is 0 Å². The van der Waals surface area contributed by atoms with Crippen molar-refractivity contribution in [3.63, 3.8) is 0 Å². The first-order valence-corrected chi connectivity index (χ1v) is 10.5. The highest BCUT2D eigenvalue weighted by atomic mass is 79.9. The summed E-state index contributed by atoms with van der Waals surface area (Å²) in [4.78, 5) is 11.9. The maximum Gasteiger partial charge on any atom is 0.315 e. The third-order valence-electron chi connectivity index (χ3n) is 4.55. The molecule has 7 heteroatoms. The van der Waals surface area contributed by atoms with E-state index in [2.05, 4.69) is 59.5 Å². The van der Waals surface area contributed by atoms with E-state index in [4.69, 9.17) is 14.2 Å². The fraction of sp³-hybridized carbons (Fsp3) is 0.409. The van der Waals surface area contributed by atoms with E-state index >= 15 is 0 Å². The molecule has 0 radical (unpaired) electrons. The second-order valence-corrected chi connectivity index (χ2v) is 8.75. The first-order valence-electron chi connectivity index (χ1n) is 9.66. The number of benzene rings is 2. The predicted molar refractivity (Wildman–Crippen MR) is 116 cm³/mol. The number of urea groups is 1. The van der Waals surface area contributed by atoms with E-state index in [1.165, 1.54) is 5.56 Å². The van der Waals surface area contributed by atoms with Crippen LogP contribution in [-0.4, -0.2) is 26.0 Å². The van der Waals surface area contributed by atoms with Crippen LogP contribution in [0.3, 0.4) is 0 Å². The number of rotatable bonds is 7. The van der Waals surface area contributed by atoms with Crippen LogP contribution in [0.25, 0.3) is 0 Å². The minimum absolute atomic E-state index is 0.0962. The minimum atomic E-state index is -0.210. The van der Waals surface area contributed by atoms with Crippen LogP contribution in [0.5, 0.6) is 17.2 Å². The van der Waals surface area contributed by atoms with Crippen LogP contribution in [-0.2, 0) is 12.0 Å². The first-order chi connectivity index (χ1) is 13.8. The van der Waals surface area contributed by atoms with Crippen LogP contribution in [0.15, 0.2) is 40.9 Å². The summed E-state index contributed by atoms with van der Waals surface area (Å²) < 4.78 is 17.4. The van der Waals surface area contributed by atoms with Gasteiger partial charge < -0.3 is 24.8 Å². The highest BCUT2D eigenvalue weighted by Crippen LogP contribution is 2.33. The van der Waals surface area contributed by atoms with Crippen molar-refractivity contribution >= 4 is 22.0 Å². The lowest BCUT2D eigenvalue weighted by Gasteiger charge is -2.20. The zero-order chi connectivity index (χ0) is 20.9. The molecule has 2 aromatic rings. The van der Waals surface area contributed by atoms with Gasteiger partial charge in [-0.05, 0) is 63.2 Å². The second kappa shape index (κ2) is 9.39. The minimum Gasteiger partial charge on any atom is -0.492 e. The van der Waals surface area contributed by atoms with Gasteiger partial charge >= 0.3 is 6.03 Å². The van der Waals surface area contributed by atoms with Crippen molar-refractivity contribution in [2.75, 3.05) is 19.9 Å². The molecule has 1 aliphatic rings. The molecule has 1 heterocycles. The molecule has 0 bridgehead atoms. The Morgan fingerprint density at radius 1 is 1.10 bits per heavy atom. The van der Waals surface area contributed by atoms with Crippen molar-refractivity contribution in [2.45, 2.75) is 39.2 Å². The smallest absolute Gasteiger partial charge is 0.315 e. The maximum absolute atomic E-state index is 11.9. The zero-order valence-electron chi connectivity index (χ0n) is 17.0. The lowest BCUT2D eigenvalue weighted by atomic mass is 9.87. The van der Waals surface area contributed by atoms with E-state index in [9.17, 15) is 4.79 Å². The number of halogens is 1. The number of fused-ring (bicyclic) bond motifs is 1. The average Bonchev–Trinajstić information content (AvgIpc) is 3.14. The number of amides is 2. The molecule has 6 nitrogen and oxygen atoms in total. The summed E-state index contributed by atoms with van der Waals surface area (Å²) in [6, 6.07) is 11.6. The Hall–Kier alpha value is -2.41. The Kier molecular flexibility index (Phi) is 6.90. The zero-order valence-corrected chi connectivity index (χ0v) is 18.6. The summed E-state index contributed by atoms with van der Waals surface area (Å²) in [5, 5.41) is 5.67. The molecule has 0 aliphatic carbocycles. The molecule has 2 aromatic carbocycles. The van der Waals surface area contributed by atoms with E-state index in [-0.39, 0.29) is 18.2 Å². The van der Waals surface area contributed by atoms with E-state index in [1.54, 1.807) is 0 Å². The Morgan fingerprint density at radius 2 is 1.90 bits per heavy atom. The van der Waals surface area contributed by atoms with Crippen LogP contribution >= 0.6 is 15.9 Å². The van der Waals surface area contributed by atoms with Crippen molar-refractivity contribution in [2.24, 2.45) is 0 Å². The van der Waals surface area contributed by atoms with Gasteiger partial charge in [0.25, 0.3) is 0 Å². The summed E-state index contributed by atoms with van der Waals surface area (Å²) >= 11 is 3.57. The molecule has 0 aromatic heterocycles. The van der Waals surface area contributed by atoms with Crippen LogP contribution in [0, 0.1) is 0 Å². The lowest BCUT2D eigenvalue weighted by molar-refractivity contribution is 0.174. The maximum atomic E-state index is 11.9. The number of hydrogen-bond donors (Lipinski definition) is 2. The van der Waals surface area contributed by atoms with Crippen LogP contribution < -0.4 is 24.8 Å². The SMILES string of the molecule is CC(C)(C)c1ccc(OCCCNC(=O)NCc2ccc3c(c2)OCO3)c(Br)c1. The third-order valence-corrected chi connectivity index (χ3v) is 5.17. The fourth-order valence-corrected chi connectivity index (χ4v) is 3.33. The quantitative estimate of drug-likeness (QED) is 0.582. The fourth-order valence-electron chi connectivity index (χ4n) is 2.84. The molecule has 1 aliphatic heterocycles. The summed E-state index contributed by atoms with van der Waals surface area (Å²) in [6.07, 6.45) is 0.713. The van der Waals surface area contributed by atoms with Crippen molar-refractivity contribution in [3.05, 3.63) is 52.0 Å². The van der Waals surface area contributed by atoms with Gasteiger partial charge in [0, 0.05) is 13.1 Å². The summed E-state index contributed by atoms with van der Waals surface area (Å²) in [5.41, 5.74) is 2.30. The average molecular weight is 463 g/mol. The van der Waals surface area contributed by atoms with E-state index < -0.39 is 0 Å². The van der Waals surface area contributed by atoms with Gasteiger partial charge in [-0.25, -0.2) is 4.79 Å². The van der Waals surface area contributed by atoms with Gasteiger partial charge in [0.05, 0.1) is 11.1 Å². The standard InChI is InChI=1S/C22H27BrN2O4/c1-22(2,3)16-6-8-18(17(23)12-16)27-10-4-9-24-21(26)25-13-15-5-7-19-20(11-15)29-14-28-19/h5-8,11-12H,4,9-10,13-14H2,1-3H3,(H2,24,25,26). The van der Waals surface area contributed by atoms with Crippen LogP contribution in [0.4, 0.5) is 4.79 Å². The highest BCUT2D eigenvalue weighted by molar-refractivity contribution is 9.10. The Labute approximate surface area is 180 Å². The predicted octanol–water partition coefficient (Wildman–Crippen LogP) is 4.74. The van der Waals surface area contributed by atoms with Crippen molar-refractivity contribution in [3.8, 4) is 17.2 Å². The number of ether oxygens (including phenoxy) is 3. The topological polar surface area (TPSA) is 68.8 Å². The molecule has 0 spiro atoms. The number of carbonyl (C=O) groups is 1. The van der Waals surface area contributed by atoms with Crippen molar-refractivity contribution in [1.82, 2.24) is 10.6 Å². The normalized spacial score (nSPS) is 12.6. The van der Waals surface area contributed by atoms with Crippen LogP contribution in [0.1, 0.15) is 38.3 Å². The molecule has 0 saturated carbocycles. The third kappa shape index (κ3) is 6.03. The molecule has 0 saturated heterocycles. The van der Waals surface area contributed by atoms with Gasteiger partial charge in [-0.1, -0.05) is 32.9 Å². The van der Waals surface area contributed by atoms with Gasteiger partial charge in [0.15, 0.2) is 11.5 Å². The summed E-state index contributed by atoms with van der Waals surface area (Å²) in [7, 11) is 0. The molecule has 0 atom stereocenters. The Bertz CT molecular complexity index is 864. The monoisotopic (exact) mass is 462 g/mol. The van der Waals surface area contributed by atoms with Gasteiger partial charge in [0.2, 0.25) is 6.79 Å². The van der Waals surface area contributed by atoms with Crippen molar-refractivity contribution < 1.29 is 19.0 Å². The molecule has 0 unspecified atom stereocenters. The molecule has 2 amide bonds. The van der Waals surface area contributed by atoms with E-state index in [0.29, 0.717) is 31.9 Å². The first kappa shape index (κ1) is 21.3. The summed E-state index contributed by atoms with van der Waals surface area (Å²) in [6.45, 7) is 8.26. The van der Waals surface area contributed by atoms with Gasteiger partial charge in [-0.2, -0.15) is 0 Å². The molecule has 2 N–H and O–H groups in total. The molecular formula is C22H27BrN2O4. The number of nitrogens with one attached hydrogen (secondary N) is 2. The highest BCUT2D eigenvalue weighted by Gasteiger charge is 2.15. The second-order valence-electron chi connectivity index (χ2n) is 7.89. The number of carbonyl (C=O) groups excluding carboxylic acids is 1. The van der Waals surface area contributed by atoms with Crippen molar-refractivity contribution in [1.29, 1.82) is 0 Å². The van der Waals surface area contributed by atoms with Gasteiger partial charge in [-0.15, -0.1) is 0 Å². The number of hydrogen-bond acceptors (Lipinski definition) is 4. The molecule has 29 heavy (non-hydrogen) atoms. The summed E-state index contributed by atoms with van der Waals surface area (Å²) in [5.74, 6) is 2.26. The van der Waals surface area contributed by atoms with Gasteiger partial charge in [-0.3, -0.25) is 0 Å². The molecule has 0 fully saturated rings. The molecular weight excluding hydrogens is 436 g/mol. The van der Waals surface area contributed by atoms with Gasteiger partial charge in [0.1, 0.15) is 5.75 Å². The van der Waals surface area contributed by atoms with E-state index in [1.807, 2.05) is 24.3 Å². The largest absolute Gasteiger partial charge is 0.492 e.